The quantitative estimate of drug-likeness (QED) is 0.554. The van der Waals surface area contributed by atoms with Crippen molar-refractivity contribution in [3.05, 3.63) is 41.3 Å². The van der Waals surface area contributed by atoms with E-state index in [-0.39, 0.29) is 11.4 Å². The van der Waals surface area contributed by atoms with Crippen LogP contribution in [0.5, 0.6) is 0 Å². The average Bonchev–Trinajstić information content (AvgIpc) is 2.81. The average molecular weight is 448 g/mol. The van der Waals surface area contributed by atoms with E-state index < -0.39 is 0 Å². The molecule has 1 aliphatic carbocycles. The lowest BCUT2D eigenvalue weighted by atomic mass is 9.93. The number of aromatic nitrogens is 1. The highest BCUT2D eigenvalue weighted by Crippen LogP contribution is 2.33. The van der Waals surface area contributed by atoms with Gasteiger partial charge in [-0.3, -0.25) is 0 Å². The predicted molar refractivity (Wildman–Crippen MR) is 123 cm³/mol. The van der Waals surface area contributed by atoms with Crippen LogP contribution in [0.1, 0.15) is 44.9 Å². The van der Waals surface area contributed by atoms with Crippen molar-refractivity contribution in [2.75, 3.05) is 37.5 Å². The SMILES string of the molecule is COC1(CNc2cc(-c3cc(NC4CCCCC4)ncc3Cl)ccc2F)CCOCC1. The fraction of sp³-hybridized carbons (Fsp3) is 0.542. The fourth-order valence-corrected chi connectivity index (χ4v) is 4.69. The van der Waals surface area contributed by atoms with Gasteiger partial charge in [0.05, 0.1) is 16.3 Å². The molecule has 0 bridgehead atoms. The van der Waals surface area contributed by atoms with Gasteiger partial charge in [-0.1, -0.05) is 36.9 Å². The van der Waals surface area contributed by atoms with Crippen LogP contribution in [0.25, 0.3) is 11.1 Å². The Morgan fingerprint density at radius 1 is 1.19 bits per heavy atom. The molecule has 2 aliphatic rings. The number of pyridine rings is 1. The summed E-state index contributed by atoms with van der Waals surface area (Å²) in [4.78, 5) is 4.46. The summed E-state index contributed by atoms with van der Waals surface area (Å²) in [6, 6.07) is 7.45. The standard InChI is InChI=1S/C24H31ClFN3O2/c1-30-24(9-11-31-12-10-24)16-28-22-13-17(7-8-21(22)26)19-14-23(27-15-20(19)25)29-18-5-3-2-4-6-18/h7-8,13-15,18,28H,2-6,9-12,16H2,1H3,(H,27,29). The van der Waals surface area contributed by atoms with Crippen molar-refractivity contribution in [1.29, 1.82) is 0 Å². The second-order valence-corrected chi connectivity index (χ2v) is 8.98. The highest BCUT2D eigenvalue weighted by molar-refractivity contribution is 6.33. The summed E-state index contributed by atoms with van der Waals surface area (Å²) in [6.07, 6.45) is 9.36. The molecular weight excluding hydrogens is 417 g/mol. The number of hydrogen-bond acceptors (Lipinski definition) is 5. The topological polar surface area (TPSA) is 55.4 Å². The van der Waals surface area contributed by atoms with Gasteiger partial charge in [0.2, 0.25) is 0 Å². The van der Waals surface area contributed by atoms with E-state index in [9.17, 15) is 4.39 Å². The Kier molecular flexibility index (Phi) is 7.31. The van der Waals surface area contributed by atoms with Crippen molar-refractivity contribution in [2.24, 2.45) is 0 Å². The third-order valence-corrected chi connectivity index (χ3v) is 6.83. The maximum absolute atomic E-state index is 14.6. The van der Waals surface area contributed by atoms with Gasteiger partial charge in [0.25, 0.3) is 0 Å². The van der Waals surface area contributed by atoms with E-state index in [0.717, 1.165) is 42.6 Å². The molecule has 4 rings (SSSR count). The molecule has 7 heteroatoms. The smallest absolute Gasteiger partial charge is 0.146 e. The number of hydrogen-bond donors (Lipinski definition) is 2. The summed E-state index contributed by atoms with van der Waals surface area (Å²) in [6.45, 7) is 1.83. The van der Waals surface area contributed by atoms with Gasteiger partial charge in [-0.2, -0.15) is 0 Å². The van der Waals surface area contributed by atoms with E-state index in [1.807, 2.05) is 12.1 Å². The minimum atomic E-state index is -0.341. The summed E-state index contributed by atoms with van der Waals surface area (Å²) in [5.41, 5.74) is 1.79. The molecular formula is C24H31ClFN3O2. The van der Waals surface area contributed by atoms with Gasteiger partial charge in [-0.05, 0) is 36.6 Å². The van der Waals surface area contributed by atoms with Crippen LogP contribution in [-0.4, -0.2) is 43.5 Å². The van der Waals surface area contributed by atoms with Crippen molar-refractivity contribution in [2.45, 2.75) is 56.6 Å². The summed E-state index contributed by atoms with van der Waals surface area (Å²) in [7, 11) is 1.71. The van der Waals surface area contributed by atoms with E-state index in [4.69, 9.17) is 21.1 Å². The van der Waals surface area contributed by atoms with E-state index in [0.29, 0.717) is 36.5 Å². The molecule has 5 nitrogen and oxygen atoms in total. The van der Waals surface area contributed by atoms with Crippen LogP contribution >= 0.6 is 11.6 Å². The first kappa shape index (κ1) is 22.3. The lowest BCUT2D eigenvalue weighted by Gasteiger charge is -2.36. The summed E-state index contributed by atoms with van der Waals surface area (Å²) >= 11 is 6.47. The monoisotopic (exact) mass is 447 g/mol. The summed E-state index contributed by atoms with van der Waals surface area (Å²) in [5, 5.41) is 7.34. The Morgan fingerprint density at radius 2 is 1.97 bits per heavy atom. The van der Waals surface area contributed by atoms with E-state index in [2.05, 4.69) is 15.6 Å². The number of benzene rings is 1. The second-order valence-electron chi connectivity index (χ2n) is 8.58. The Hall–Kier alpha value is -1.89. The Labute approximate surface area is 188 Å². The van der Waals surface area contributed by atoms with Gasteiger partial charge >= 0.3 is 0 Å². The van der Waals surface area contributed by atoms with Crippen LogP contribution in [0.2, 0.25) is 5.02 Å². The zero-order valence-corrected chi connectivity index (χ0v) is 18.8. The van der Waals surface area contributed by atoms with E-state index in [1.54, 1.807) is 19.4 Å². The molecule has 0 unspecified atom stereocenters. The maximum Gasteiger partial charge on any atom is 0.146 e. The normalized spacial score (nSPS) is 19.2. The molecule has 31 heavy (non-hydrogen) atoms. The highest BCUT2D eigenvalue weighted by Gasteiger charge is 2.32. The third kappa shape index (κ3) is 5.48. The van der Waals surface area contributed by atoms with Crippen LogP contribution in [0, 0.1) is 5.82 Å². The number of nitrogens with zero attached hydrogens (tertiary/aromatic N) is 1. The summed E-state index contributed by atoms with van der Waals surface area (Å²) < 4.78 is 25.8. The number of ether oxygens (including phenoxy) is 2. The Bertz CT molecular complexity index is 883. The zero-order chi connectivity index (χ0) is 21.7. The molecule has 0 spiro atoms. The predicted octanol–water partition coefficient (Wildman–Crippen LogP) is 5.89. The molecule has 1 aromatic heterocycles. The van der Waals surface area contributed by atoms with Crippen molar-refractivity contribution in [3.8, 4) is 11.1 Å². The van der Waals surface area contributed by atoms with Gasteiger partial charge < -0.3 is 20.1 Å². The molecule has 1 saturated heterocycles. The highest BCUT2D eigenvalue weighted by atomic mass is 35.5. The number of nitrogens with one attached hydrogen (secondary N) is 2. The molecule has 2 N–H and O–H groups in total. The molecule has 1 aromatic carbocycles. The molecule has 2 heterocycles. The largest absolute Gasteiger partial charge is 0.381 e. The molecule has 2 fully saturated rings. The minimum Gasteiger partial charge on any atom is -0.381 e. The lowest BCUT2D eigenvalue weighted by molar-refractivity contribution is -0.0807. The van der Waals surface area contributed by atoms with Crippen LogP contribution < -0.4 is 10.6 Å². The zero-order valence-electron chi connectivity index (χ0n) is 18.1. The molecule has 168 valence electrons. The number of methoxy groups -OCH3 is 1. The van der Waals surface area contributed by atoms with Gasteiger partial charge in [0, 0.05) is 57.5 Å². The van der Waals surface area contributed by atoms with Crippen LogP contribution in [-0.2, 0) is 9.47 Å². The van der Waals surface area contributed by atoms with Crippen molar-refractivity contribution in [3.63, 3.8) is 0 Å². The van der Waals surface area contributed by atoms with Crippen LogP contribution in [0.3, 0.4) is 0 Å². The maximum atomic E-state index is 14.6. The van der Waals surface area contributed by atoms with E-state index in [1.165, 1.54) is 25.3 Å². The van der Waals surface area contributed by atoms with E-state index >= 15 is 0 Å². The van der Waals surface area contributed by atoms with Gasteiger partial charge in [-0.25, -0.2) is 9.37 Å². The number of anilines is 2. The van der Waals surface area contributed by atoms with Gasteiger partial charge in [-0.15, -0.1) is 0 Å². The van der Waals surface area contributed by atoms with Gasteiger partial charge in [0.15, 0.2) is 0 Å². The first-order chi connectivity index (χ1) is 15.1. The van der Waals surface area contributed by atoms with Crippen molar-refractivity contribution in [1.82, 2.24) is 4.98 Å². The van der Waals surface area contributed by atoms with Crippen LogP contribution in [0.4, 0.5) is 15.9 Å². The number of rotatable bonds is 7. The molecule has 0 atom stereocenters. The van der Waals surface area contributed by atoms with Crippen molar-refractivity contribution >= 4 is 23.1 Å². The first-order valence-corrected chi connectivity index (χ1v) is 11.6. The molecule has 0 radical (unpaired) electrons. The minimum absolute atomic E-state index is 0.298. The molecule has 0 amide bonds. The third-order valence-electron chi connectivity index (χ3n) is 6.53. The van der Waals surface area contributed by atoms with Gasteiger partial charge in [0.1, 0.15) is 11.6 Å². The fourth-order valence-electron chi connectivity index (χ4n) is 4.48. The second kappa shape index (κ2) is 10.2. The Balaban J connectivity index is 1.52. The molecule has 2 aromatic rings. The van der Waals surface area contributed by atoms with Crippen LogP contribution in [0.15, 0.2) is 30.5 Å². The summed E-state index contributed by atoms with van der Waals surface area (Å²) in [5.74, 6) is 0.512. The lowest BCUT2D eigenvalue weighted by Crippen LogP contribution is -2.44. The molecule has 1 aliphatic heterocycles. The van der Waals surface area contributed by atoms with Crippen molar-refractivity contribution < 1.29 is 13.9 Å². The number of halogens is 2. The Morgan fingerprint density at radius 3 is 2.71 bits per heavy atom. The molecule has 1 saturated carbocycles. The first-order valence-electron chi connectivity index (χ1n) is 11.2.